The molecule has 1 N–H and O–H groups in total. The van der Waals surface area contributed by atoms with Crippen LogP contribution in [0.15, 0.2) is 0 Å². The first-order chi connectivity index (χ1) is 7.26. The molecule has 1 aliphatic rings. The van der Waals surface area contributed by atoms with Crippen LogP contribution in [0.2, 0.25) is 0 Å². The monoisotopic (exact) mass is 215 g/mol. The molecule has 0 amide bonds. The molecule has 0 bridgehead atoms. The second-order valence-electron chi connectivity index (χ2n) is 4.38. The highest BCUT2D eigenvalue weighted by Gasteiger charge is 2.20. The highest BCUT2D eigenvalue weighted by molar-refractivity contribution is 4.77. The van der Waals surface area contributed by atoms with Crippen molar-refractivity contribution in [3.05, 3.63) is 0 Å². The fourth-order valence-corrected chi connectivity index (χ4v) is 2.18. The van der Waals surface area contributed by atoms with Gasteiger partial charge in [0.2, 0.25) is 0 Å². The number of hydrogen-bond acceptors (Lipinski definition) is 3. The summed E-state index contributed by atoms with van der Waals surface area (Å²) in [6.45, 7) is 5.94. The molecule has 0 aromatic rings. The van der Waals surface area contributed by atoms with Gasteiger partial charge in [0.1, 0.15) is 0 Å². The number of methoxy groups -OCH3 is 1. The van der Waals surface area contributed by atoms with Gasteiger partial charge in [-0.1, -0.05) is 0 Å². The van der Waals surface area contributed by atoms with Crippen LogP contribution in [0.1, 0.15) is 39.5 Å². The van der Waals surface area contributed by atoms with Crippen molar-refractivity contribution in [3.63, 3.8) is 0 Å². The van der Waals surface area contributed by atoms with Crippen molar-refractivity contribution in [2.75, 3.05) is 20.3 Å². The van der Waals surface area contributed by atoms with Crippen LogP contribution in [0.5, 0.6) is 0 Å². The fourth-order valence-electron chi connectivity index (χ4n) is 2.18. The molecule has 0 aromatic carbocycles. The molecule has 0 spiro atoms. The summed E-state index contributed by atoms with van der Waals surface area (Å²) in [6.07, 6.45) is 5.67. The highest BCUT2D eigenvalue weighted by atomic mass is 16.5. The zero-order chi connectivity index (χ0) is 11.1. The fraction of sp³-hybridized carbons (Fsp3) is 1.00. The molecular formula is C12H25NO2. The van der Waals surface area contributed by atoms with E-state index in [4.69, 9.17) is 9.47 Å². The molecule has 0 saturated heterocycles. The minimum atomic E-state index is 0.329. The van der Waals surface area contributed by atoms with Crippen LogP contribution < -0.4 is 5.32 Å². The van der Waals surface area contributed by atoms with E-state index in [0.29, 0.717) is 18.2 Å². The Bertz CT molecular complexity index is 156. The van der Waals surface area contributed by atoms with E-state index in [-0.39, 0.29) is 0 Å². The number of hydrogen-bond donors (Lipinski definition) is 1. The Balaban J connectivity index is 2.08. The third kappa shape index (κ3) is 4.96. The summed E-state index contributed by atoms with van der Waals surface area (Å²) in [5.74, 6) is 0. The van der Waals surface area contributed by atoms with Crippen molar-refractivity contribution in [3.8, 4) is 0 Å². The average molecular weight is 215 g/mol. The molecule has 0 aliphatic heterocycles. The van der Waals surface area contributed by atoms with Gasteiger partial charge in [-0.15, -0.1) is 0 Å². The van der Waals surface area contributed by atoms with E-state index in [9.17, 15) is 0 Å². The summed E-state index contributed by atoms with van der Waals surface area (Å²) < 4.78 is 10.8. The van der Waals surface area contributed by atoms with E-state index in [2.05, 4.69) is 12.2 Å². The lowest BCUT2D eigenvalue weighted by Gasteiger charge is -2.29. The third-order valence-corrected chi connectivity index (χ3v) is 3.15. The molecule has 1 rings (SSSR count). The molecule has 3 heteroatoms. The molecule has 0 radical (unpaired) electrons. The molecule has 90 valence electrons. The lowest BCUT2D eigenvalue weighted by atomic mass is 9.93. The van der Waals surface area contributed by atoms with Crippen LogP contribution in [0.4, 0.5) is 0 Å². The van der Waals surface area contributed by atoms with Crippen LogP contribution in [-0.4, -0.2) is 38.5 Å². The van der Waals surface area contributed by atoms with E-state index in [1.807, 2.05) is 14.0 Å². The van der Waals surface area contributed by atoms with Crippen molar-refractivity contribution < 1.29 is 9.47 Å². The van der Waals surface area contributed by atoms with Crippen molar-refractivity contribution in [1.82, 2.24) is 5.32 Å². The number of nitrogens with one attached hydrogen (secondary N) is 1. The molecule has 1 saturated carbocycles. The van der Waals surface area contributed by atoms with Gasteiger partial charge in [-0.3, -0.25) is 0 Å². The first-order valence-electron chi connectivity index (χ1n) is 6.14. The van der Waals surface area contributed by atoms with E-state index in [0.717, 1.165) is 13.2 Å². The van der Waals surface area contributed by atoms with Gasteiger partial charge < -0.3 is 14.8 Å². The molecule has 0 heterocycles. The molecule has 3 nitrogen and oxygen atoms in total. The van der Waals surface area contributed by atoms with Gasteiger partial charge in [-0.05, 0) is 39.5 Å². The van der Waals surface area contributed by atoms with Crippen LogP contribution in [0.25, 0.3) is 0 Å². The van der Waals surface area contributed by atoms with Crippen molar-refractivity contribution in [1.29, 1.82) is 0 Å². The van der Waals surface area contributed by atoms with E-state index in [1.54, 1.807) is 0 Å². The Hall–Kier alpha value is -0.120. The van der Waals surface area contributed by atoms with Crippen LogP contribution >= 0.6 is 0 Å². The maximum absolute atomic E-state index is 5.49. The van der Waals surface area contributed by atoms with Gasteiger partial charge >= 0.3 is 0 Å². The van der Waals surface area contributed by atoms with Crippen LogP contribution in [-0.2, 0) is 9.47 Å². The topological polar surface area (TPSA) is 30.5 Å². The first kappa shape index (κ1) is 12.9. The van der Waals surface area contributed by atoms with Gasteiger partial charge in [0, 0.05) is 26.3 Å². The quantitative estimate of drug-likeness (QED) is 0.734. The maximum atomic E-state index is 5.49. The predicted molar refractivity (Wildman–Crippen MR) is 62.1 cm³/mol. The summed E-state index contributed by atoms with van der Waals surface area (Å²) in [5, 5.41) is 3.57. The molecule has 0 aromatic heterocycles. The Kier molecular flexibility index (Phi) is 6.22. The van der Waals surface area contributed by atoms with Gasteiger partial charge in [0.25, 0.3) is 0 Å². The summed E-state index contributed by atoms with van der Waals surface area (Å²) in [6, 6.07) is 0.666. The second kappa shape index (κ2) is 7.20. The highest BCUT2D eigenvalue weighted by Crippen LogP contribution is 2.20. The van der Waals surface area contributed by atoms with Crippen LogP contribution in [0.3, 0.4) is 0 Å². The molecule has 1 atom stereocenters. The lowest BCUT2D eigenvalue weighted by Crippen LogP contribution is -2.39. The largest absolute Gasteiger partial charge is 0.381 e. The van der Waals surface area contributed by atoms with Gasteiger partial charge in [-0.25, -0.2) is 0 Å². The summed E-state index contributed by atoms with van der Waals surface area (Å²) >= 11 is 0. The van der Waals surface area contributed by atoms with E-state index >= 15 is 0 Å². The van der Waals surface area contributed by atoms with Gasteiger partial charge in [-0.2, -0.15) is 0 Å². The summed E-state index contributed by atoms with van der Waals surface area (Å²) in [7, 11) is 1.82. The van der Waals surface area contributed by atoms with Crippen molar-refractivity contribution in [2.45, 2.75) is 57.8 Å². The molecule has 1 aliphatic carbocycles. The van der Waals surface area contributed by atoms with Crippen molar-refractivity contribution in [2.24, 2.45) is 0 Å². The average Bonchev–Trinajstić information content (AvgIpc) is 2.27. The normalized spacial score (nSPS) is 29.0. The van der Waals surface area contributed by atoms with Gasteiger partial charge in [0.15, 0.2) is 0 Å². The predicted octanol–water partition coefficient (Wildman–Crippen LogP) is 1.96. The zero-order valence-electron chi connectivity index (χ0n) is 10.3. The Morgan fingerprint density at radius 2 is 1.93 bits per heavy atom. The van der Waals surface area contributed by atoms with Crippen molar-refractivity contribution >= 4 is 0 Å². The minimum absolute atomic E-state index is 0.329. The molecule has 15 heavy (non-hydrogen) atoms. The smallest absolute Gasteiger partial charge is 0.0671 e. The number of ether oxygens (including phenoxy) is 2. The first-order valence-corrected chi connectivity index (χ1v) is 6.14. The maximum Gasteiger partial charge on any atom is 0.0671 e. The summed E-state index contributed by atoms with van der Waals surface area (Å²) in [5.41, 5.74) is 0. The van der Waals surface area contributed by atoms with E-state index in [1.165, 1.54) is 25.7 Å². The second-order valence-corrected chi connectivity index (χ2v) is 4.38. The van der Waals surface area contributed by atoms with E-state index < -0.39 is 0 Å². The third-order valence-electron chi connectivity index (χ3n) is 3.15. The minimum Gasteiger partial charge on any atom is -0.381 e. The molecule has 1 fully saturated rings. The number of rotatable bonds is 6. The van der Waals surface area contributed by atoms with Crippen LogP contribution in [0, 0.1) is 0 Å². The molecule has 1 unspecified atom stereocenters. The Labute approximate surface area is 93.5 Å². The standard InChI is InChI=1S/C12H25NO2/c1-4-15-10(2)9-13-11-5-7-12(14-3)8-6-11/h10-13H,4-9H2,1-3H3. The zero-order valence-corrected chi connectivity index (χ0v) is 10.3. The Morgan fingerprint density at radius 1 is 1.27 bits per heavy atom. The SMILES string of the molecule is CCOC(C)CNC1CCC(OC)CC1. The van der Waals surface area contributed by atoms with Gasteiger partial charge in [0.05, 0.1) is 12.2 Å². The summed E-state index contributed by atoms with van der Waals surface area (Å²) in [4.78, 5) is 0. The lowest BCUT2D eigenvalue weighted by molar-refractivity contribution is 0.0527. The Morgan fingerprint density at radius 3 is 2.47 bits per heavy atom. The molecular weight excluding hydrogens is 190 g/mol.